The van der Waals surface area contributed by atoms with Crippen molar-refractivity contribution in [2.75, 3.05) is 27.9 Å². The molecule has 0 amide bonds. The SMILES string of the molecule is COc1cc(CNCC(OC)OC)ccc1Br. The van der Waals surface area contributed by atoms with E-state index in [2.05, 4.69) is 21.2 Å². The van der Waals surface area contributed by atoms with Gasteiger partial charge in [0.15, 0.2) is 6.29 Å². The van der Waals surface area contributed by atoms with Crippen LogP contribution in [0.5, 0.6) is 5.75 Å². The summed E-state index contributed by atoms with van der Waals surface area (Å²) in [5.74, 6) is 0.833. The van der Waals surface area contributed by atoms with Crippen LogP contribution in [-0.2, 0) is 16.0 Å². The van der Waals surface area contributed by atoms with Crippen LogP contribution in [0.15, 0.2) is 22.7 Å². The molecule has 1 aromatic rings. The Morgan fingerprint density at radius 2 is 1.94 bits per heavy atom. The maximum atomic E-state index is 5.23. The normalized spacial score (nSPS) is 10.9. The third-order valence-corrected chi connectivity index (χ3v) is 3.04. The molecule has 0 atom stereocenters. The zero-order chi connectivity index (χ0) is 12.7. The molecule has 0 aliphatic carbocycles. The number of hydrogen-bond acceptors (Lipinski definition) is 4. The smallest absolute Gasteiger partial charge is 0.169 e. The molecule has 0 aliphatic rings. The number of rotatable bonds is 7. The Bertz CT molecular complexity index is 343. The van der Waals surface area contributed by atoms with E-state index in [1.54, 1.807) is 21.3 Å². The topological polar surface area (TPSA) is 39.7 Å². The van der Waals surface area contributed by atoms with Gasteiger partial charge >= 0.3 is 0 Å². The Hall–Kier alpha value is -0.620. The maximum Gasteiger partial charge on any atom is 0.169 e. The fourth-order valence-corrected chi connectivity index (χ4v) is 1.82. The van der Waals surface area contributed by atoms with Crippen molar-refractivity contribution in [1.82, 2.24) is 5.32 Å². The van der Waals surface area contributed by atoms with Gasteiger partial charge in [0, 0.05) is 27.3 Å². The molecule has 0 aliphatic heterocycles. The molecule has 1 aromatic carbocycles. The third-order valence-electron chi connectivity index (χ3n) is 2.38. The first-order valence-corrected chi connectivity index (χ1v) is 6.09. The monoisotopic (exact) mass is 303 g/mol. The number of ether oxygens (including phenoxy) is 3. The highest BCUT2D eigenvalue weighted by molar-refractivity contribution is 9.10. The number of benzene rings is 1. The molecule has 5 heteroatoms. The summed E-state index contributed by atoms with van der Waals surface area (Å²) in [5, 5.41) is 3.25. The van der Waals surface area contributed by atoms with E-state index in [0.717, 1.165) is 22.3 Å². The Labute approximate surface area is 110 Å². The van der Waals surface area contributed by atoms with Gasteiger partial charge in [0.25, 0.3) is 0 Å². The highest BCUT2D eigenvalue weighted by Gasteiger charge is 2.05. The molecule has 1 rings (SSSR count). The molecular weight excluding hydrogens is 286 g/mol. The summed E-state index contributed by atoms with van der Waals surface area (Å²) in [7, 11) is 4.90. The van der Waals surface area contributed by atoms with Gasteiger partial charge in [0.1, 0.15) is 5.75 Å². The van der Waals surface area contributed by atoms with Crippen LogP contribution in [0.1, 0.15) is 5.56 Å². The summed E-state index contributed by atoms with van der Waals surface area (Å²) >= 11 is 3.42. The second kappa shape index (κ2) is 7.66. The molecular formula is C12H18BrNO3. The van der Waals surface area contributed by atoms with E-state index in [9.17, 15) is 0 Å². The van der Waals surface area contributed by atoms with Gasteiger partial charge in [-0.1, -0.05) is 6.07 Å². The largest absolute Gasteiger partial charge is 0.496 e. The molecule has 96 valence electrons. The highest BCUT2D eigenvalue weighted by atomic mass is 79.9. The van der Waals surface area contributed by atoms with Crippen molar-refractivity contribution in [2.24, 2.45) is 0 Å². The van der Waals surface area contributed by atoms with Gasteiger partial charge in [-0.3, -0.25) is 0 Å². The van der Waals surface area contributed by atoms with Crippen LogP contribution in [0.4, 0.5) is 0 Å². The zero-order valence-electron chi connectivity index (χ0n) is 10.3. The van der Waals surface area contributed by atoms with Gasteiger partial charge in [0.2, 0.25) is 0 Å². The average Bonchev–Trinajstić information content (AvgIpc) is 2.36. The van der Waals surface area contributed by atoms with Crippen molar-refractivity contribution in [3.8, 4) is 5.75 Å². The second-order valence-electron chi connectivity index (χ2n) is 3.50. The average molecular weight is 304 g/mol. The Morgan fingerprint density at radius 1 is 1.24 bits per heavy atom. The predicted molar refractivity (Wildman–Crippen MR) is 70.2 cm³/mol. The van der Waals surface area contributed by atoms with Crippen LogP contribution in [0.25, 0.3) is 0 Å². The van der Waals surface area contributed by atoms with E-state index in [1.807, 2.05) is 18.2 Å². The lowest BCUT2D eigenvalue weighted by Crippen LogP contribution is -2.29. The first kappa shape index (κ1) is 14.4. The molecule has 0 fully saturated rings. The van der Waals surface area contributed by atoms with Crippen molar-refractivity contribution in [2.45, 2.75) is 12.8 Å². The Balaban J connectivity index is 2.46. The van der Waals surface area contributed by atoms with Crippen LogP contribution in [0, 0.1) is 0 Å². The van der Waals surface area contributed by atoms with Crippen LogP contribution < -0.4 is 10.1 Å². The number of methoxy groups -OCH3 is 3. The minimum absolute atomic E-state index is 0.215. The van der Waals surface area contributed by atoms with Crippen molar-refractivity contribution in [1.29, 1.82) is 0 Å². The fraction of sp³-hybridized carbons (Fsp3) is 0.500. The molecule has 1 N–H and O–H groups in total. The summed E-state index contributed by atoms with van der Waals surface area (Å²) < 4.78 is 16.4. The number of nitrogens with one attached hydrogen (secondary N) is 1. The van der Waals surface area contributed by atoms with Crippen LogP contribution >= 0.6 is 15.9 Å². The molecule has 0 unspecified atom stereocenters. The molecule has 17 heavy (non-hydrogen) atoms. The van der Waals surface area contributed by atoms with Crippen LogP contribution in [0.3, 0.4) is 0 Å². The third kappa shape index (κ3) is 4.63. The van der Waals surface area contributed by atoms with E-state index in [0.29, 0.717) is 6.54 Å². The summed E-state index contributed by atoms with van der Waals surface area (Å²) in [6.07, 6.45) is -0.215. The summed E-state index contributed by atoms with van der Waals surface area (Å²) in [6.45, 7) is 1.39. The Kier molecular flexibility index (Phi) is 6.50. The van der Waals surface area contributed by atoms with Gasteiger partial charge < -0.3 is 19.5 Å². The lowest BCUT2D eigenvalue weighted by Gasteiger charge is -2.14. The predicted octanol–water partition coefficient (Wildman–Crippen LogP) is 2.17. The number of halogens is 1. The molecule has 0 aromatic heterocycles. The molecule has 0 saturated carbocycles. The van der Waals surface area contributed by atoms with Crippen molar-refractivity contribution in [3.05, 3.63) is 28.2 Å². The molecule has 0 radical (unpaired) electrons. The molecule has 0 bridgehead atoms. The van der Waals surface area contributed by atoms with Crippen molar-refractivity contribution in [3.63, 3.8) is 0 Å². The minimum Gasteiger partial charge on any atom is -0.496 e. The molecule has 0 spiro atoms. The van der Waals surface area contributed by atoms with Crippen molar-refractivity contribution >= 4 is 15.9 Å². The van der Waals surface area contributed by atoms with Gasteiger partial charge in [0.05, 0.1) is 11.6 Å². The highest BCUT2D eigenvalue weighted by Crippen LogP contribution is 2.25. The van der Waals surface area contributed by atoms with Gasteiger partial charge in [-0.25, -0.2) is 0 Å². The van der Waals surface area contributed by atoms with E-state index in [-0.39, 0.29) is 6.29 Å². The minimum atomic E-state index is -0.215. The van der Waals surface area contributed by atoms with Crippen LogP contribution in [-0.4, -0.2) is 34.2 Å². The van der Waals surface area contributed by atoms with E-state index >= 15 is 0 Å². The quantitative estimate of drug-likeness (QED) is 0.784. The molecule has 0 saturated heterocycles. The zero-order valence-corrected chi connectivity index (χ0v) is 11.9. The van der Waals surface area contributed by atoms with Crippen LogP contribution in [0.2, 0.25) is 0 Å². The maximum absolute atomic E-state index is 5.23. The number of hydrogen-bond donors (Lipinski definition) is 1. The first-order chi connectivity index (χ1) is 8.21. The molecule has 4 nitrogen and oxygen atoms in total. The van der Waals surface area contributed by atoms with E-state index < -0.39 is 0 Å². The Morgan fingerprint density at radius 3 is 2.53 bits per heavy atom. The summed E-state index contributed by atoms with van der Waals surface area (Å²) in [6, 6.07) is 6.00. The summed E-state index contributed by atoms with van der Waals surface area (Å²) in [5.41, 5.74) is 1.15. The summed E-state index contributed by atoms with van der Waals surface area (Å²) in [4.78, 5) is 0. The van der Waals surface area contributed by atoms with E-state index in [4.69, 9.17) is 14.2 Å². The van der Waals surface area contributed by atoms with Gasteiger partial charge in [-0.15, -0.1) is 0 Å². The van der Waals surface area contributed by atoms with Crippen molar-refractivity contribution < 1.29 is 14.2 Å². The molecule has 0 heterocycles. The fourth-order valence-electron chi connectivity index (χ4n) is 1.41. The first-order valence-electron chi connectivity index (χ1n) is 5.30. The van der Waals surface area contributed by atoms with Gasteiger partial charge in [-0.05, 0) is 33.6 Å². The lowest BCUT2D eigenvalue weighted by molar-refractivity contribution is -0.0989. The standard InChI is InChI=1S/C12H18BrNO3/c1-15-11-6-9(4-5-10(11)13)7-14-8-12(16-2)17-3/h4-6,12,14H,7-8H2,1-3H3. The van der Waals surface area contributed by atoms with Gasteiger partial charge in [-0.2, -0.15) is 0 Å². The van der Waals surface area contributed by atoms with E-state index in [1.165, 1.54) is 0 Å². The lowest BCUT2D eigenvalue weighted by atomic mass is 10.2. The second-order valence-corrected chi connectivity index (χ2v) is 4.36.